The van der Waals surface area contributed by atoms with Crippen LogP contribution in [0.1, 0.15) is 61.0 Å². The van der Waals surface area contributed by atoms with Crippen molar-refractivity contribution in [3.63, 3.8) is 0 Å². The fourth-order valence-corrected chi connectivity index (χ4v) is 5.34. The van der Waals surface area contributed by atoms with Gasteiger partial charge in [-0.2, -0.15) is 0 Å². The average molecular weight is 543 g/mol. The van der Waals surface area contributed by atoms with Crippen molar-refractivity contribution in [3.05, 3.63) is 71.1 Å². The number of carbonyl (C=O) groups excluding carboxylic acids is 2. The lowest BCUT2D eigenvalue weighted by Crippen LogP contribution is -2.35. The number of benzene rings is 2. The van der Waals surface area contributed by atoms with E-state index in [1.807, 2.05) is 62.4 Å². The Morgan fingerprint density at radius 2 is 1.53 bits per heavy atom. The van der Waals surface area contributed by atoms with Gasteiger partial charge in [0.2, 0.25) is 0 Å². The van der Waals surface area contributed by atoms with Crippen molar-refractivity contribution in [1.82, 2.24) is 0 Å². The summed E-state index contributed by atoms with van der Waals surface area (Å²) >= 11 is 0. The van der Waals surface area contributed by atoms with E-state index in [9.17, 15) is 18.0 Å². The van der Waals surface area contributed by atoms with E-state index >= 15 is 0 Å². The van der Waals surface area contributed by atoms with E-state index < -0.39 is 54.3 Å². The molecule has 0 heterocycles. The van der Waals surface area contributed by atoms with Crippen LogP contribution in [-0.4, -0.2) is 30.7 Å². The van der Waals surface area contributed by atoms with Crippen LogP contribution >= 0.6 is 0 Å². The highest BCUT2D eigenvalue weighted by Crippen LogP contribution is 2.60. The predicted molar refractivity (Wildman–Crippen MR) is 146 cm³/mol. The van der Waals surface area contributed by atoms with E-state index in [2.05, 4.69) is 0 Å². The number of sulfone groups is 1. The number of allylic oxidation sites excluding steroid dienone is 1. The molecule has 1 aliphatic carbocycles. The lowest BCUT2D eigenvalue weighted by atomic mass is 10.1. The summed E-state index contributed by atoms with van der Waals surface area (Å²) in [5.74, 6) is -1.16. The van der Waals surface area contributed by atoms with Crippen molar-refractivity contribution < 1.29 is 32.2 Å². The molecule has 38 heavy (non-hydrogen) atoms. The van der Waals surface area contributed by atoms with Crippen molar-refractivity contribution >= 4 is 21.8 Å². The van der Waals surface area contributed by atoms with Gasteiger partial charge in [0.05, 0.1) is 10.7 Å². The molecule has 0 saturated heterocycles. The second-order valence-corrected chi connectivity index (χ2v) is 14.8. The smallest absolute Gasteiger partial charge is 0.349 e. The third kappa shape index (κ3) is 6.84. The van der Waals surface area contributed by atoms with Crippen molar-refractivity contribution in [2.75, 3.05) is 0 Å². The molecule has 0 radical (unpaired) electrons. The van der Waals surface area contributed by atoms with Gasteiger partial charge in [0.15, 0.2) is 9.84 Å². The van der Waals surface area contributed by atoms with E-state index in [1.165, 1.54) is 26.8 Å². The topological polar surface area (TPSA) is 96.0 Å². The number of carbonyl (C=O) groups is 2. The van der Waals surface area contributed by atoms with Crippen LogP contribution in [0, 0.1) is 17.3 Å². The molecule has 0 bridgehead atoms. The Balaban J connectivity index is 1.77. The molecule has 2 aromatic carbocycles. The average Bonchev–Trinajstić information content (AvgIpc) is 3.34. The van der Waals surface area contributed by atoms with Crippen molar-refractivity contribution in [3.8, 4) is 11.5 Å². The SMILES string of the molecule is CC(C)(C)OC(=O)/C(=C\[C@H]1[C@@H](C(=O)OCc2cccc(Oc3ccccc3)c2)C1(C)C)S(=O)(=O)C(C)(C)C. The molecule has 0 N–H and O–H groups in total. The van der Waals surface area contributed by atoms with E-state index in [4.69, 9.17) is 14.2 Å². The zero-order chi connectivity index (χ0) is 28.5. The lowest BCUT2D eigenvalue weighted by Gasteiger charge is -2.24. The van der Waals surface area contributed by atoms with Gasteiger partial charge in [-0.05, 0) is 82.7 Å². The minimum absolute atomic E-state index is 0.0348. The molecular formula is C30H38O7S. The summed E-state index contributed by atoms with van der Waals surface area (Å²) in [6.07, 6.45) is 1.38. The largest absolute Gasteiger partial charge is 0.461 e. The standard InChI is InChI=1S/C30H38O7S/c1-28(2,3)37-26(31)24(38(33,34)29(4,5)6)18-23-25(30(23,7)8)27(32)35-19-20-13-12-16-22(17-20)36-21-14-10-9-11-15-21/h9-18,23,25H,19H2,1-8H3/b24-18+/t23-,25-/m0/s1. The van der Waals surface area contributed by atoms with Gasteiger partial charge in [-0.15, -0.1) is 0 Å². The molecule has 1 saturated carbocycles. The fourth-order valence-electron chi connectivity index (χ4n) is 4.10. The third-order valence-corrected chi connectivity index (χ3v) is 8.94. The Morgan fingerprint density at radius 1 is 0.921 bits per heavy atom. The van der Waals surface area contributed by atoms with Crippen LogP contribution in [0.25, 0.3) is 0 Å². The highest BCUT2D eigenvalue weighted by molar-refractivity contribution is 7.97. The highest BCUT2D eigenvalue weighted by atomic mass is 32.2. The quantitative estimate of drug-likeness (QED) is 0.288. The predicted octanol–water partition coefficient (Wildman–Crippen LogP) is 6.23. The van der Waals surface area contributed by atoms with Crippen molar-refractivity contribution in [2.24, 2.45) is 17.3 Å². The maximum absolute atomic E-state index is 13.3. The molecule has 0 spiro atoms. The number of ether oxygens (including phenoxy) is 3. The van der Waals surface area contributed by atoms with Gasteiger partial charge in [-0.1, -0.05) is 50.3 Å². The zero-order valence-electron chi connectivity index (χ0n) is 23.4. The monoisotopic (exact) mass is 542 g/mol. The summed E-state index contributed by atoms with van der Waals surface area (Å²) in [5.41, 5.74) is -0.711. The molecule has 2 aromatic rings. The Bertz CT molecular complexity index is 1310. The molecule has 0 aliphatic heterocycles. The van der Waals surface area contributed by atoms with Gasteiger partial charge in [-0.25, -0.2) is 13.2 Å². The Morgan fingerprint density at radius 3 is 2.11 bits per heavy atom. The van der Waals surface area contributed by atoms with E-state index in [0.29, 0.717) is 11.5 Å². The molecule has 2 atom stereocenters. The van der Waals surface area contributed by atoms with E-state index in [0.717, 1.165) is 5.56 Å². The summed E-state index contributed by atoms with van der Waals surface area (Å²) in [7, 11) is -4.03. The second-order valence-electron chi connectivity index (χ2n) is 12.1. The van der Waals surface area contributed by atoms with Gasteiger partial charge in [-0.3, -0.25) is 4.79 Å². The molecule has 8 heteroatoms. The maximum atomic E-state index is 13.3. The molecule has 3 rings (SSSR count). The minimum atomic E-state index is -4.03. The molecule has 206 valence electrons. The van der Waals surface area contributed by atoms with Gasteiger partial charge < -0.3 is 14.2 Å². The first-order valence-electron chi connectivity index (χ1n) is 12.6. The minimum Gasteiger partial charge on any atom is -0.461 e. The summed E-state index contributed by atoms with van der Waals surface area (Å²) in [6, 6.07) is 16.6. The summed E-state index contributed by atoms with van der Waals surface area (Å²) in [6.45, 7) is 13.3. The number of para-hydroxylation sites is 1. The van der Waals surface area contributed by atoms with Gasteiger partial charge >= 0.3 is 11.9 Å². The van der Waals surface area contributed by atoms with Crippen LogP contribution in [0.15, 0.2) is 65.6 Å². The summed E-state index contributed by atoms with van der Waals surface area (Å²) < 4.78 is 42.3. The van der Waals surface area contributed by atoms with Crippen LogP contribution < -0.4 is 4.74 Å². The normalized spacial score (nSPS) is 19.4. The Kier molecular flexibility index (Phi) is 8.18. The number of hydrogen-bond acceptors (Lipinski definition) is 7. The zero-order valence-corrected chi connectivity index (χ0v) is 24.2. The van der Waals surface area contributed by atoms with Crippen LogP contribution in [0.5, 0.6) is 11.5 Å². The Hall–Kier alpha value is -3.13. The van der Waals surface area contributed by atoms with Crippen LogP contribution in [0.4, 0.5) is 0 Å². The van der Waals surface area contributed by atoms with E-state index in [-0.39, 0.29) is 6.61 Å². The van der Waals surface area contributed by atoms with E-state index in [1.54, 1.807) is 26.8 Å². The third-order valence-electron chi connectivity index (χ3n) is 6.45. The molecule has 7 nitrogen and oxygen atoms in total. The van der Waals surface area contributed by atoms with Crippen LogP contribution in [0.2, 0.25) is 0 Å². The first kappa shape index (κ1) is 29.4. The first-order valence-corrected chi connectivity index (χ1v) is 14.1. The first-order chi connectivity index (χ1) is 17.4. The Labute approximate surface area is 226 Å². The number of hydrogen-bond donors (Lipinski definition) is 0. The number of esters is 2. The maximum Gasteiger partial charge on any atom is 0.349 e. The van der Waals surface area contributed by atoms with Crippen LogP contribution in [-0.2, 0) is 35.5 Å². The van der Waals surface area contributed by atoms with Gasteiger partial charge in [0.25, 0.3) is 0 Å². The fraction of sp³-hybridized carbons (Fsp3) is 0.467. The molecule has 0 aromatic heterocycles. The van der Waals surface area contributed by atoms with Gasteiger partial charge in [0, 0.05) is 0 Å². The summed E-state index contributed by atoms with van der Waals surface area (Å²) in [5, 5.41) is 0. The molecule has 1 fully saturated rings. The van der Waals surface area contributed by atoms with Crippen molar-refractivity contribution in [2.45, 2.75) is 72.3 Å². The molecule has 0 unspecified atom stereocenters. The molecular weight excluding hydrogens is 504 g/mol. The molecule has 1 aliphatic rings. The van der Waals surface area contributed by atoms with Crippen molar-refractivity contribution in [1.29, 1.82) is 0 Å². The van der Waals surface area contributed by atoms with Gasteiger partial charge in [0.1, 0.15) is 28.6 Å². The highest BCUT2D eigenvalue weighted by Gasteiger charge is 2.62. The second kappa shape index (κ2) is 10.6. The summed E-state index contributed by atoms with van der Waals surface area (Å²) in [4.78, 5) is 25.6. The lowest BCUT2D eigenvalue weighted by molar-refractivity contribution is -0.149. The number of rotatable bonds is 8. The molecule has 0 amide bonds. The van der Waals surface area contributed by atoms with Crippen LogP contribution in [0.3, 0.4) is 0 Å².